The second-order valence-electron chi connectivity index (χ2n) is 7.35. The third-order valence-electron chi connectivity index (χ3n) is 4.92. The molecule has 3 heteroatoms. The van der Waals surface area contributed by atoms with E-state index >= 15 is 0 Å². The van der Waals surface area contributed by atoms with Crippen LogP contribution in [0.2, 0.25) is 0 Å². The molecule has 0 aromatic carbocycles. The first-order valence-electron chi connectivity index (χ1n) is 9.14. The van der Waals surface area contributed by atoms with Crippen LogP contribution in [0.5, 0.6) is 0 Å². The first-order valence-corrected chi connectivity index (χ1v) is 9.14. The van der Waals surface area contributed by atoms with Gasteiger partial charge in [0.2, 0.25) is 0 Å². The summed E-state index contributed by atoms with van der Waals surface area (Å²) in [5.41, 5.74) is 0. The molecule has 2 saturated carbocycles. The van der Waals surface area contributed by atoms with Crippen molar-refractivity contribution in [2.24, 2.45) is 11.8 Å². The van der Waals surface area contributed by atoms with E-state index < -0.39 is 0 Å². The van der Waals surface area contributed by atoms with Crippen LogP contribution in [-0.2, 0) is 9.47 Å². The summed E-state index contributed by atoms with van der Waals surface area (Å²) in [7, 11) is 0. The maximum Gasteiger partial charge on any atom is 0.0990 e. The fourth-order valence-electron chi connectivity index (χ4n) is 3.95. The Kier molecular flexibility index (Phi) is 6.97. The molecule has 0 heterocycles. The topological polar surface area (TPSA) is 30.5 Å². The average Bonchev–Trinajstić information content (AvgIpc) is 2.41. The van der Waals surface area contributed by atoms with Crippen LogP contribution in [0.15, 0.2) is 0 Å². The first-order chi connectivity index (χ1) is 10.1. The van der Waals surface area contributed by atoms with E-state index in [1.165, 1.54) is 25.7 Å². The monoisotopic (exact) mass is 297 g/mol. The molecule has 21 heavy (non-hydrogen) atoms. The van der Waals surface area contributed by atoms with Crippen LogP contribution in [0.25, 0.3) is 0 Å². The smallest absolute Gasteiger partial charge is 0.0990 e. The van der Waals surface area contributed by atoms with Crippen molar-refractivity contribution in [3.05, 3.63) is 0 Å². The van der Waals surface area contributed by atoms with E-state index in [0.29, 0.717) is 18.2 Å². The van der Waals surface area contributed by atoms with Gasteiger partial charge in [0.15, 0.2) is 0 Å². The van der Waals surface area contributed by atoms with E-state index in [1.807, 2.05) is 0 Å². The highest BCUT2D eigenvalue weighted by Crippen LogP contribution is 2.35. The fourth-order valence-corrected chi connectivity index (χ4v) is 3.95. The molecule has 0 aromatic rings. The van der Waals surface area contributed by atoms with E-state index in [2.05, 4.69) is 33.0 Å². The van der Waals surface area contributed by atoms with Gasteiger partial charge in [0, 0.05) is 12.6 Å². The van der Waals surface area contributed by atoms with Gasteiger partial charge in [-0.15, -0.1) is 0 Å². The molecule has 5 unspecified atom stereocenters. The van der Waals surface area contributed by atoms with E-state index in [-0.39, 0.29) is 6.10 Å². The zero-order valence-corrected chi connectivity index (χ0v) is 14.4. The summed E-state index contributed by atoms with van der Waals surface area (Å²) >= 11 is 0. The maximum absolute atomic E-state index is 6.42. The molecule has 0 spiro atoms. The normalized spacial score (nSPS) is 40.0. The van der Waals surface area contributed by atoms with Crippen LogP contribution in [0.1, 0.15) is 66.2 Å². The molecular weight excluding hydrogens is 262 g/mol. The molecule has 124 valence electrons. The van der Waals surface area contributed by atoms with Gasteiger partial charge in [-0.25, -0.2) is 0 Å². The van der Waals surface area contributed by atoms with Crippen LogP contribution < -0.4 is 5.32 Å². The Morgan fingerprint density at radius 1 is 0.952 bits per heavy atom. The van der Waals surface area contributed by atoms with Gasteiger partial charge < -0.3 is 14.8 Å². The lowest BCUT2D eigenvalue weighted by atomic mass is 9.80. The van der Waals surface area contributed by atoms with E-state index in [4.69, 9.17) is 9.47 Å². The van der Waals surface area contributed by atoms with Crippen molar-refractivity contribution in [3.63, 3.8) is 0 Å². The Bertz CT molecular complexity index is 287. The molecule has 1 N–H and O–H groups in total. The SMILES string of the molecule is CCCNC1CC(OC2CC(C)CC(C)C2)C1OCCC. The molecule has 0 bridgehead atoms. The Labute approximate surface area is 131 Å². The quantitative estimate of drug-likeness (QED) is 0.740. The summed E-state index contributed by atoms with van der Waals surface area (Å²) in [4.78, 5) is 0. The number of ether oxygens (including phenoxy) is 2. The van der Waals surface area contributed by atoms with E-state index in [0.717, 1.165) is 37.8 Å². The Morgan fingerprint density at radius 3 is 2.29 bits per heavy atom. The van der Waals surface area contributed by atoms with Gasteiger partial charge >= 0.3 is 0 Å². The third kappa shape index (κ3) is 4.94. The largest absolute Gasteiger partial charge is 0.374 e. The molecule has 3 nitrogen and oxygen atoms in total. The predicted octanol–water partition coefficient (Wildman–Crippen LogP) is 3.76. The molecule has 0 radical (unpaired) electrons. The zero-order valence-electron chi connectivity index (χ0n) is 14.4. The van der Waals surface area contributed by atoms with Gasteiger partial charge in [0.05, 0.1) is 18.3 Å². The van der Waals surface area contributed by atoms with Gasteiger partial charge in [0.1, 0.15) is 0 Å². The van der Waals surface area contributed by atoms with Gasteiger partial charge in [-0.2, -0.15) is 0 Å². The van der Waals surface area contributed by atoms with E-state index in [9.17, 15) is 0 Å². The molecular formula is C18H35NO2. The highest BCUT2D eigenvalue weighted by molar-refractivity contribution is 4.98. The van der Waals surface area contributed by atoms with Gasteiger partial charge in [-0.05, 0) is 56.9 Å². The van der Waals surface area contributed by atoms with Crippen molar-refractivity contribution in [1.82, 2.24) is 5.32 Å². The number of nitrogens with one attached hydrogen (secondary N) is 1. The van der Waals surface area contributed by atoms with Gasteiger partial charge in [-0.1, -0.05) is 27.7 Å². The predicted molar refractivity (Wildman–Crippen MR) is 87.6 cm³/mol. The molecule has 0 amide bonds. The van der Waals surface area contributed by atoms with Crippen molar-refractivity contribution in [1.29, 1.82) is 0 Å². The first kappa shape index (κ1) is 17.2. The van der Waals surface area contributed by atoms with Crippen molar-refractivity contribution in [2.45, 2.75) is 90.6 Å². The lowest BCUT2D eigenvalue weighted by Gasteiger charge is -2.47. The Balaban J connectivity index is 1.81. The minimum Gasteiger partial charge on any atom is -0.374 e. The number of rotatable bonds is 8. The molecule has 0 aromatic heterocycles. The number of hydrogen-bond donors (Lipinski definition) is 1. The lowest BCUT2D eigenvalue weighted by molar-refractivity contribution is -0.177. The second kappa shape index (κ2) is 8.50. The summed E-state index contributed by atoms with van der Waals surface area (Å²) in [6.45, 7) is 11.1. The van der Waals surface area contributed by atoms with Crippen LogP contribution in [0, 0.1) is 11.8 Å². The van der Waals surface area contributed by atoms with Crippen molar-refractivity contribution >= 4 is 0 Å². The molecule has 2 aliphatic rings. The maximum atomic E-state index is 6.42. The summed E-state index contributed by atoms with van der Waals surface area (Å²) in [6, 6.07) is 0.500. The molecule has 5 atom stereocenters. The third-order valence-corrected chi connectivity index (χ3v) is 4.92. The Morgan fingerprint density at radius 2 is 1.67 bits per heavy atom. The summed E-state index contributed by atoms with van der Waals surface area (Å²) in [5, 5.41) is 3.61. The Hall–Kier alpha value is -0.120. The number of hydrogen-bond acceptors (Lipinski definition) is 3. The van der Waals surface area contributed by atoms with Crippen LogP contribution in [0.4, 0.5) is 0 Å². The fraction of sp³-hybridized carbons (Fsp3) is 1.00. The van der Waals surface area contributed by atoms with Gasteiger partial charge in [0.25, 0.3) is 0 Å². The van der Waals surface area contributed by atoms with Crippen LogP contribution in [-0.4, -0.2) is 37.5 Å². The van der Waals surface area contributed by atoms with Crippen LogP contribution in [0.3, 0.4) is 0 Å². The molecule has 2 fully saturated rings. The van der Waals surface area contributed by atoms with Crippen LogP contribution >= 0.6 is 0 Å². The van der Waals surface area contributed by atoms with Gasteiger partial charge in [-0.3, -0.25) is 0 Å². The lowest BCUT2D eigenvalue weighted by Crippen LogP contribution is -2.61. The summed E-state index contributed by atoms with van der Waals surface area (Å²) in [5.74, 6) is 1.62. The molecule has 0 aliphatic heterocycles. The standard InChI is InChI=1S/C18H35NO2/c1-5-7-19-16-12-17(18(16)20-8-6-2)21-15-10-13(3)9-14(4)11-15/h13-19H,5-12H2,1-4H3. The van der Waals surface area contributed by atoms with Crippen molar-refractivity contribution in [3.8, 4) is 0 Å². The average molecular weight is 297 g/mol. The molecule has 2 rings (SSSR count). The summed E-state index contributed by atoms with van der Waals surface area (Å²) < 4.78 is 12.5. The minimum absolute atomic E-state index is 0.268. The minimum atomic E-state index is 0.268. The van der Waals surface area contributed by atoms with Crippen molar-refractivity contribution in [2.75, 3.05) is 13.2 Å². The summed E-state index contributed by atoms with van der Waals surface area (Å²) in [6.07, 6.45) is 8.24. The second-order valence-corrected chi connectivity index (χ2v) is 7.35. The molecule has 0 saturated heterocycles. The molecule has 2 aliphatic carbocycles. The zero-order chi connectivity index (χ0) is 15.2. The van der Waals surface area contributed by atoms with E-state index in [1.54, 1.807) is 0 Å². The highest BCUT2D eigenvalue weighted by atomic mass is 16.6. The van der Waals surface area contributed by atoms with Crippen molar-refractivity contribution < 1.29 is 9.47 Å². The highest BCUT2D eigenvalue weighted by Gasteiger charge is 2.44.